The van der Waals surface area contributed by atoms with Gasteiger partial charge in [-0.15, -0.1) is 0 Å². The Morgan fingerprint density at radius 3 is 2.74 bits per heavy atom. The van der Waals surface area contributed by atoms with Crippen molar-refractivity contribution in [2.75, 3.05) is 10.6 Å². The molecule has 0 radical (unpaired) electrons. The van der Waals surface area contributed by atoms with E-state index in [1.165, 1.54) is 0 Å². The number of nitrogens with one attached hydrogen (secondary N) is 2. The van der Waals surface area contributed by atoms with Crippen molar-refractivity contribution in [3.8, 4) is 0 Å². The van der Waals surface area contributed by atoms with Gasteiger partial charge in [0.2, 0.25) is 5.91 Å². The van der Waals surface area contributed by atoms with Crippen molar-refractivity contribution in [2.45, 2.75) is 44.3 Å². The molecule has 2 amide bonds. The zero-order chi connectivity index (χ0) is 16.4. The zero-order valence-electron chi connectivity index (χ0n) is 12.5. The molecule has 1 fully saturated rings. The Morgan fingerprint density at radius 1 is 1.22 bits per heavy atom. The summed E-state index contributed by atoms with van der Waals surface area (Å²) in [4.78, 5) is 34.6. The summed E-state index contributed by atoms with van der Waals surface area (Å²) < 4.78 is 5.23. The van der Waals surface area contributed by atoms with Gasteiger partial charge in [0.25, 0.3) is 5.91 Å². The summed E-state index contributed by atoms with van der Waals surface area (Å²) in [7, 11) is 0. The number of amides is 2. The van der Waals surface area contributed by atoms with Crippen molar-refractivity contribution in [3.05, 3.63) is 23.8 Å². The van der Waals surface area contributed by atoms with Crippen molar-refractivity contribution in [1.29, 1.82) is 0 Å². The van der Waals surface area contributed by atoms with Crippen LogP contribution in [0.25, 0.3) is 0 Å². The largest absolute Gasteiger partial charge is 0.479 e. The van der Waals surface area contributed by atoms with Crippen LogP contribution < -0.4 is 10.6 Å². The third-order valence-corrected chi connectivity index (χ3v) is 4.08. The monoisotopic (exact) mass is 318 g/mol. The Balaban J connectivity index is 1.67. The number of aryl methyl sites for hydroxylation is 1. The van der Waals surface area contributed by atoms with E-state index in [1.807, 2.05) is 6.07 Å². The summed E-state index contributed by atoms with van der Waals surface area (Å²) in [6.07, 6.45) is 1.10. The maximum Gasteiger partial charge on any atom is 0.332 e. The molecule has 0 aromatic heterocycles. The number of hydrogen-bond acceptors (Lipinski definition) is 4. The van der Waals surface area contributed by atoms with Crippen LogP contribution in [0, 0.1) is 0 Å². The predicted octanol–water partition coefficient (Wildman–Crippen LogP) is 1.53. The number of benzene rings is 1. The van der Waals surface area contributed by atoms with Gasteiger partial charge in [-0.05, 0) is 49.4 Å². The van der Waals surface area contributed by atoms with Gasteiger partial charge in [-0.2, -0.15) is 0 Å². The lowest BCUT2D eigenvalue weighted by atomic mass is 10.1. The third kappa shape index (κ3) is 3.50. The molecule has 122 valence electrons. The topological polar surface area (TPSA) is 105 Å². The van der Waals surface area contributed by atoms with Crippen molar-refractivity contribution in [2.24, 2.45) is 0 Å². The summed E-state index contributed by atoms with van der Waals surface area (Å²) in [6, 6.07) is 5.32. The van der Waals surface area contributed by atoms with Crippen LogP contribution in [0.3, 0.4) is 0 Å². The minimum absolute atomic E-state index is 0.000367. The number of aliphatic carboxylic acids is 1. The van der Waals surface area contributed by atoms with E-state index in [9.17, 15) is 14.4 Å². The van der Waals surface area contributed by atoms with Crippen LogP contribution in [0.2, 0.25) is 0 Å². The number of anilines is 2. The van der Waals surface area contributed by atoms with Gasteiger partial charge in [0.05, 0.1) is 0 Å². The second kappa shape index (κ2) is 6.37. The number of ether oxygens (including phenoxy) is 1. The molecule has 3 rings (SSSR count). The first kappa shape index (κ1) is 15.5. The van der Waals surface area contributed by atoms with Crippen LogP contribution in [0.15, 0.2) is 18.2 Å². The number of carboxylic acids is 1. The van der Waals surface area contributed by atoms with E-state index >= 15 is 0 Å². The number of carboxylic acid groups (broad SMARTS) is 1. The number of hydrogen-bond donors (Lipinski definition) is 3. The van der Waals surface area contributed by atoms with E-state index in [-0.39, 0.29) is 11.8 Å². The predicted molar refractivity (Wildman–Crippen MR) is 82.2 cm³/mol. The molecule has 2 aliphatic rings. The van der Waals surface area contributed by atoms with E-state index < -0.39 is 18.2 Å². The highest BCUT2D eigenvalue weighted by Gasteiger charge is 2.34. The molecule has 7 nitrogen and oxygen atoms in total. The van der Waals surface area contributed by atoms with Crippen LogP contribution in [0.1, 0.15) is 31.2 Å². The second-order valence-electron chi connectivity index (χ2n) is 5.79. The van der Waals surface area contributed by atoms with Gasteiger partial charge in [0, 0.05) is 17.8 Å². The van der Waals surface area contributed by atoms with E-state index in [4.69, 9.17) is 9.84 Å². The fraction of sp³-hybridized carbons (Fsp3) is 0.438. The van der Waals surface area contributed by atoms with Gasteiger partial charge in [0.1, 0.15) is 6.10 Å². The van der Waals surface area contributed by atoms with Crippen molar-refractivity contribution in [1.82, 2.24) is 0 Å². The molecule has 7 heteroatoms. The first-order valence-corrected chi connectivity index (χ1v) is 7.65. The molecule has 2 heterocycles. The van der Waals surface area contributed by atoms with Crippen molar-refractivity contribution in [3.63, 3.8) is 0 Å². The Labute approximate surface area is 133 Å². The lowest BCUT2D eigenvalue weighted by Gasteiger charge is -2.14. The van der Waals surface area contributed by atoms with E-state index in [0.29, 0.717) is 24.9 Å². The molecule has 23 heavy (non-hydrogen) atoms. The minimum atomic E-state index is -1.04. The summed E-state index contributed by atoms with van der Waals surface area (Å²) in [6.45, 7) is 0. The summed E-state index contributed by atoms with van der Waals surface area (Å²) in [5.41, 5.74) is 2.37. The van der Waals surface area contributed by atoms with E-state index in [2.05, 4.69) is 10.6 Å². The first-order chi connectivity index (χ1) is 11.0. The molecule has 2 atom stereocenters. The summed E-state index contributed by atoms with van der Waals surface area (Å²) >= 11 is 0. The Morgan fingerprint density at radius 2 is 2.00 bits per heavy atom. The summed E-state index contributed by atoms with van der Waals surface area (Å²) in [5.74, 6) is -1.38. The molecule has 0 spiro atoms. The Kier molecular flexibility index (Phi) is 4.29. The van der Waals surface area contributed by atoms with Gasteiger partial charge in [0.15, 0.2) is 6.10 Å². The van der Waals surface area contributed by atoms with Crippen LogP contribution in [-0.2, 0) is 25.5 Å². The zero-order valence-corrected chi connectivity index (χ0v) is 12.5. The first-order valence-electron chi connectivity index (χ1n) is 7.65. The standard InChI is InChI=1S/C16H18N2O5/c19-14-3-1-2-9-8-10(4-5-11(9)18-14)17-15(20)12-6-7-13(23-12)16(21)22/h4-5,8,12-13H,1-3,6-7H2,(H,17,20)(H,18,19)(H,21,22)/t12-,13+/m0/s1. The molecular formula is C16H18N2O5. The lowest BCUT2D eigenvalue weighted by Crippen LogP contribution is -2.30. The number of fused-ring (bicyclic) bond motifs is 1. The van der Waals surface area contributed by atoms with Gasteiger partial charge in [-0.3, -0.25) is 9.59 Å². The van der Waals surface area contributed by atoms with Crippen molar-refractivity contribution < 1.29 is 24.2 Å². The number of rotatable bonds is 3. The van der Waals surface area contributed by atoms with Crippen LogP contribution in [0.5, 0.6) is 0 Å². The van der Waals surface area contributed by atoms with E-state index in [1.54, 1.807) is 12.1 Å². The Hall–Kier alpha value is -2.41. The Bertz CT molecular complexity index is 658. The average molecular weight is 318 g/mol. The molecule has 1 aromatic rings. The molecule has 0 aliphatic carbocycles. The van der Waals surface area contributed by atoms with Crippen LogP contribution in [-0.4, -0.2) is 35.1 Å². The molecule has 2 aliphatic heterocycles. The fourth-order valence-corrected chi connectivity index (χ4v) is 2.89. The smallest absolute Gasteiger partial charge is 0.332 e. The highest BCUT2D eigenvalue weighted by atomic mass is 16.5. The maximum atomic E-state index is 12.2. The number of carbonyl (C=O) groups excluding carboxylic acids is 2. The van der Waals surface area contributed by atoms with Crippen LogP contribution in [0.4, 0.5) is 11.4 Å². The molecule has 1 aromatic carbocycles. The van der Waals surface area contributed by atoms with E-state index in [0.717, 1.165) is 24.1 Å². The molecule has 0 saturated carbocycles. The normalized spacial score (nSPS) is 23.6. The quantitative estimate of drug-likeness (QED) is 0.784. The average Bonchev–Trinajstić information content (AvgIpc) is 2.93. The van der Waals surface area contributed by atoms with Gasteiger partial charge in [-0.25, -0.2) is 4.79 Å². The highest BCUT2D eigenvalue weighted by Crippen LogP contribution is 2.26. The van der Waals surface area contributed by atoms with Gasteiger partial charge in [-0.1, -0.05) is 0 Å². The second-order valence-corrected chi connectivity index (χ2v) is 5.79. The fourth-order valence-electron chi connectivity index (χ4n) is 2.89. The molecule has 3 N–H and O–H groups in total. The number of carbonyl (C=O) groups is 3. The molecule has 1 saturated heterocycles. The maximum absolute atomic E-state index is 12.2. The van der Waals surface area contributed by atoms with Gasteiger partial charge >= 0.3 is 5.97 Å². The van der Waals surface area contributed by atoms with Crippen LogP contribution >= 0.6 is 0 Å². The SMILES string of the molecule is O=C1CCCc2cc(NC(=O)[C@@H]3CC[C@H](C(=O)O)O3)ccc2N1. The highest BCUT2D eigenvalue weighted by molar-refractivity contribution is 5.96. The summed E-state index contributed by atoms with van der Waals surface area (Å²) in [5, 5.41) is 14.5. The third-order valence-electron chi connectivity index (χ3n) is 4.08. The lowest BCUT2D eigenvalue weighted by molar-refractivity contribution is -0.150. The van der Waals surface area contributed by atoms with Crippen molar-refractivity contribution >= 4 is 29.2 Å². The van der Waals surface area contributed by atoms with Gasteiger partial charge < -0.3 is 20.5 Å². The molecule has 0 unspecified atom stereocenters. The molecular weight excluding hydrogens is 300 g/mol. The molecule has 0 bridgehead atoms. The minimum Gasteiger partial charge on any atom is -0.479 e.